The molecule has 70 valence electrons. The molecule has 5 nitrogen and oxygen atoms in total. The van der Waals surface area contributed by atoms with Crippen LogP contribution in [0.1, 0.15) is 12.8 Å². The van der Waals surface area contributed by atoms with Crippen molar-refractivity contribution < 1.29 is 10.2 Å². The second kappa shape index (κ2) is 3.28. The van der Waals surface area contributed by atoms with E-state index in [1.54, 1.807) is 4.90 Å². The number of rotatable bonds is 1. The third-order valence-electron chi connectivity index (χ3n) is 2.33. The number of piperidine rings is 1. The Morgan fingerprint density at radius 2 is 2.00 bits per heavy atom. The minimum Gasteiger partial charge on any atom is -0.393 e. The average Bonchev–Trinajstić information content (AvgIpc) is 2.05. The van der Waals surface area contributed by atoms with E-state index in [2.05, 4.69) is 0 Å². The van der Waals surface area contributed by atoms with Gasteiger partial charge in [-0.3, -0.25) is 5.41 Å². The van der Waals surface area contributed by atoms with Crippen molar-refractivity contribution in [2.75, 3.05) is 19.7 Å². The summed E-state index contributed by atoms with van der Waals surface area (Å²) in [4.78, 5) is 1.68. The summed E-state index contributed by atoms with van der Waals surface area (Å²) in [5.41, 5.74) is 4.31. The number of nitrogens with one attached hydrogen (secondary N) is 1. The SMILES string of the molecule is N=C(N)N1CCC(O)(CO)CC1. The molecule has 0 radical (unpaired) electrons. The average molecular weight is 173 g/mol. The Labute approximate surface area is 71.3 Å². The van der Waals surface area contributed by atoms with Crippen molar-refractivity contribution in [1.29, 1.82) is 5.41 Å². The quantitative estimate of drug-likeness (QED) is 0.293. The fraction of sp³-hybridized carbons (Fsp3) is 0.857. The van der Waals surface area contributed by atoms with Gasteiger partial charge in [0.25, 0.3) is 0 Å². The highest BCUT2D eigenvalue weighted by Crippen LogP contribution is 2.20. The van der Waals surface area contributed by atoms with Crippen LogP contribution < -0.4 is 5.73 Å². The van der Waals surface area contributed by atoms with Crippen molar-refractivity contribution in [3.8, 4) is 0 Å². The van der Waals surface area contributed by atoms with Gasteiger partial charge in [-0.2, -0.15) is 0 Å². The lowest BCUT2D eigenvalue weighted by molar-refractivity contribution is -0.0500. The summed E-state index contributed by atoms with van der Waals surface area (Å²) < 4.78 is 0. The molecular weight excluding hydrogens is 158 g/mol. The van der Waals surface area contributed by atoms with Gasteiger partial charge < -0.3 is 20.8 Å². The molecule has 0 unspecified atom stereocenters. The zero-order chi connectivity index (χ0) is 9.19. The van der Waals surface area contributed by atoms with Gasteiger partial charge in [-0.1, -0.05) is 0 Å². The van der Waals surface area contributed by atoms with Gasteiger partial charge in [0.2, 0.25) is 0 Å². The van der Waals surface area contributed by atoms with Crippen molar-refractivity contribution >= 4 is 5.96 Å². The predicted octanol–water partition coefficient (Wildman–Crippen LogP) is -1.30. The molecule has 5 heteroatoms. The summed E-state index contributed by atoms with van der Waals surface area (Å²) in [5, 5.41) is 25.5. The van der Waals surface area contributed by atoms with Gasteiger partial charge in [-0.25, -0.2) is 0 Å². The molecule has 0 aliphatic carbocycles. The second-order valence-electron chi connectivity index (χ2n) is 3.25. The third-order valence-corrected chi connectivity index (χ3v) is 2.33. The molecule has 1 rings (SSSR count). The van der Waals surface area contributed by atoms with Crippen LogP contribution in [0.3, 0.4) is 0 Å². The summed E-state index contributed by atoms with van der Waals surface area (Å²) in [6.45, 7) is 0.886. The van der Waals surface area contributed by atoms with Crippen LogP contribution in [-0.4, -0.2) is 46.4 Å². The van der Waals surface area contributed by atoms with Crippen LogP contribution in [0.2, 0.25) is 0 Å². The number of hydrogen-bond donors (Lipinski definition) is 4. The molecule has 0 aromatic carbocycles. The maximum absolute atomic E-state index is 9.59. The Balaban J connectivity index is 2.44. The van der Waals surface area contributed by atoms with Crippen LogP contribution in [0.15, 0.2) is 0 Å². The van der Waals surface area contributed by atoms with Gasteiger partial charge in [-0.15, -0.1) is 0 Å². The molecule has 0 amide bonds. The van der Waals surface area contributed by atoms with Crippen molar-refractivity contribution in [1.82, 2.24) is 4.90 Å². The van der Waals surface area contributed by atoms with E-state index in [4.69, 9.17) is 16.2 Å². The first kappa shape index (κ1) is 9.28. The zero-order valence-electron chi connectivity index (χ0n) is 6.95. The van der Waals surface area contributed by atoms with E-state index in [-0.39, 0.29) is 12.6 Å². The van der Waals surface area contributed by atoms with Crippen LogP contribution >= 0.6 is 0 Å². The Morgan fingerprint density at radius 1 is 1.50 bits per heavy atom. The Morgan fingerprint density at radius 3 is 2.33 bits per heavy atom. The van der Waals surface area contributed by atoms with Crippen molar-refractivity contribution in [3.05, 3.63) is 0 Å². The highest BCUT2D eigenvalue weighted by molar-refractivity contribution is 5.74. The van der Waals surface area contributed by atoms with Gasteiger partial charge in [0.05, 0.1) is 12.2 Å². The molecule has 1 aliphatic heterocycles. The van der Waals surface area contributed by atoms with Crippen molar-refractivity contribution in [3.63, 3.8) is 0 Å². The van der Waals surface area contributed by atoms with E-state index in [0.29, 0.717) is 25.9 Å². The van der Waals surface area contributed by atoms with Gasteiger partial charge in [0.15, 0.2) is 5.96 Å². The second-order valence-corrected chi connectivity index (χ2v) is 3.25. The first-order valence-corrected chi connectivity index (χ1v) is 4.00. The molecule has 1 heterocycles. The van der Waals surface area contributed by atoms with E-state index in [1.807, 2.05) is 0 Å². The Kier molecular flexibility index (Phi) is 2.54. The van der Waals surface area contributed by atoms with Gasteiger partial charge in [-0.05, 0) is 12.8 Å². The number of nitrogens with zero attached hydrogens (tertiary/aromatic N) is 1. The molecule has 0 aromatic heterocycles. The van der Waals surface area contributed by atoms with E-state index in [0.717, 1.165) is 0 Å². The predicted molar refractivity (Wildman–Crippen MR) is 44.8 cm³/mol. The third kappa shape index (κ3) is 1.86. The lowest BCUT2D eigenvalue weighted by Crippen LogP contribution is -2.50. The van der Waals surface area contributed by atoms with Gasteiger partial charge in [0.1, 0.15) is 0 Å². The smallest absolute Gasteiger partial charge is 0.188 e. The van der Waals surface area contributed by atoms with Crippen LogP contribution in [0.25, 0.3) is 0 Å². The van der Waals surface area contributed by atoms with Gasteiger partial charge in [0, 0.05) is 13.1 Å². The minimum absolute atomic E-state index is 0.0370. The van der Waals surface area contributed by atoms with Gasteiger partial charge >= 0.3 is 0 Å². The number of guanidine groups is 1. The lowest BCUT2D eigenvalue weighted by Gasteiger charge is -2.37. The molecule has 1 aliphatic rings. The molecule has 0 saturated carbocycles. The highest BCUT2D eigenvalue weighted by Gasteiger charge is 2.31. The molecule has 12 heavy (non-hydrogen) atoms. The summed E-state index contributed by atoms with van der Waals surface area (Å²) >= 11 is 0. The molecule has 0 bridgehead atoms. The standard InChI is InChI=1S/C7H15N3O2/c8-6(9)10-3-1-7(12,5-11)2-4-10/h11-12H,1-5H2,(H3,8,9). The highest BCUT2D eigenvalue weighted by atomic mass is 16.3. The molecule has 0 spiro atoms. The van der Waals surface area contributed by atoms with Crippen LogP contribution in [0.4, 0.5) is 0 Å². The molecule has 0 atom stereocenters. The van der Waals surface area contributed by atoms with Crippen molar-refractivity contribution in [2.24, 2.45) is 5.73 Å². The molecule has 5 N–H and O–H groups in total. The number of nitrogens with two attached hydrogens (primary N) is 1. The minimum atomic E-state index is -0.952. The fourth-order valence-electron chi connectivity index (χ4n) is 1.32. The maximum atomic E-state index is 9.59. The normalized spacial score (nSPS) is 22.3. The summed E-state index contributed by atoms with van der Waals surface area (Å²) in [7, 11) is 0. The van der Waals surface area contributed by atoms with Crippen LogP contribution in [-0.2, 0) is 0 Å². The number of aliphatic hydroxyl groups is 2. The topological polar surface area (TPSA) is 93.6 Å². The van der Waals surface area contributed by atoms with Crippen LogP contribution in [0.5, 0.6) is 0 Å². The lowest BCUT2D eigenvalue weighted by atomic mass is 9.93. The number of likely N-dealkylation sites (tertiary alicyclic amines) is 1. The largest absolute Gasteiger partial charge is 0.393 e. The molecule has 1 saturated heterocycles. The van der Waals surface area contributed by atoms with E-state index in [1.165, 1.54) is 0 Å². The maximum Gasteiger partial charge on any atom is 0.188 e. The fourth-order valence-corrected chi connectivity index (χ4v) is 1.32. The monoisotopic (exact) mass is 173 g/mol. The zero-order valence-corrected chi connectivity index (χ0v) is 6.95. The Bertz CT molecular complexity index is 175. The van der Waals surface area contributed by atoms with Crippen molar-refractivity contribution in [2.45, 2.75) is 18.4 Å². The van der Waals surface area contributed by atoms with E-state index >= 15 is 0 Å². The Hall–Kier alpha value is -0.810. The number of hydrogen-bond acceptors (Lipinski definition) is 3. The number of aliphatic hydroxyl groups excluding tert-OH is 1. The molecular formula is C7H15N3O2. The van der Waals surface area contributed by atoms with E-state index < -0.39 is 5.60 Å². The first-order chi connectivity index (χ1) is 5.57. The summed E-state index contributed by atoms with van der Waals surface area (Å²) in [6.07, 6.45) is 0.951. The van der Waals surface area contributed by atoms with E-state index in [9.17, 15) is 5.11 Å². The molecule has 0 aromatic rings. The first-order valence-electron chi connectivity index (χ1n) is 4.00. The molecule has 1 fully saturated rings. The summed E-state index contributed by atoms with van der Waals surface area (Å²) in [6, 6.07) is 0. The summed E-state index contributed by atoms with van der Waals surface area (Å²) in [5.74, 6) is 0.0370. The van der Waals surface area contributed by atoms with Crippen LogP contribution in [0, 0.1) is 5.41 Å².